The second-order valence-electron chi connectivity index (χ2n) is 5.93. The number of nitrogens with one attached hydrogen (secondary N) is 2. The number of nitrogens with zero attached hydrogens (tertiary/aromatic N) is 1. The summed E-state index contributed by atoms with van der Waals surface area (Å²) >= 11 is 1.70. The number of benzene rings is 1. The van der Waals surface area contributed by atoms with Gasteiger partial charge in [0.2, 0.25) is 0 Å². The van der Waals surface area contributed by atoms with Gasteiger partial charge < -0.3 is 15.2 Å². The zero-order valence-corrected chi connectivity index (χ0v) is 14.0. The highest BCUT2D eigenvalue weighted by Gasteiger charge is 2.28. The Bertz CT molecular complexity index is 976. The van der Waals surface area contributed by atoms with Crippen LogP contribution in [0.2, 0.25) is 0 Å². The van der Waals surface area contributed by atoms with Crippen molar-refractivity contribution in [2.24, 2.45) is 0 Å². The summed E-state index contributed by atoms with van der Waals surface area (Å²) in [7, 11) is 0. The van der Waals surface area contributed by atoms with Crippen LogP contribution in [0, 0.1) is 0 Å². The molecule has 0 bridgehead atoms. The predicted octanol–water partition coefficient (Wildman–Crippen LogP) is 3.74. The molecule has 1 aliphatic rings. The fourth-order valence-corrected chi connectivity index (χ4v) is 4.32. The number of rotatable bonds is 1. The summed E-state index contributed by atoms with van der Waals surface area (Å²) in [4.78, 5) is 30.4. The van der Waals surface area contributed by atoms with Gasteiger partial charge in [-0.05, 0) is 48.6 Å². The number of carbonyl (C=O) groups is 1. The molecule has 0 spiro atoms. The predicted molar refractivity (Wildman–Crippen MR) is 96.7 cm³/mol. The van der Waals surface area contributed by atoms with E-state index in [-0.39, 0.29) is 17.6 Å². The van der Waals surface area contributed by atoms with E-state index >= 15 is 0 Å². The Balaban J connectivity index is 1.64. The molecule has 2 N–H and O–H groups in total. The number of thiophene rings is 1. The highest BCUT2D eigenvalue weighted by molar-refractivity contribution is 7.10. The van der Waals surface area contributed by atoms with E-state index in [1.54, 1.807) is 29.7 Å². The lowest BCUT2D eigenvalue weighted by atomic mass is 10.0. The Morgan fingerprint density at radius 3 is 3.04 bits per heavy atom. The van der Waals surface area contributed by atoms with Gasteiger partial charge >= 0.3 is 6.03 Å². The van der Waals surface area contributed by atoms with Crippen LogP contribution in [0.15, 0.2) is 46.7 Å². The quantitative estimate of drug-likeness (QED) is 0.709. The molecular weight excluding hydrogens is 322 g/mol. The largest absolute Gasteiger partial charge is 0.329 e. The number of amides is 2. The van der Waals surface area contributed by atoms with E-state index < -0.39 is 0 Å². The monoisotopic (exact) mass is 339 g/mol. The van der Waals surface area contributed by atoms with Gasteiger partial charge in [0.15, 0.2) is 0 Å². The van der Waals surface area contributed by atoms with E-state index in [0.717, 1.165) is 11.8 Å². The first kappa shape index (κ1) is 15.0. The lowest BCUT2D eigenvalue weighted by molar-refractivity contribution is 0.190. The molecule has 122 valence electrons. The first-order chi connectivity index (χ1) is 11.6. The fourth-order valence-electron chi connectivity index (χ4n) is 3.29. The molecule has 2 amide bonds. The van der Waals surface area contributed by atoms with Gasteiger partial charge in [-0.2, -0.15) is 0 Å². The average Bonchev–Trinajstić information content (AvgIpc) is 3.06. The Kier molecular flexibility index (Phi) is 3.61. The molecule has 1 aromatic carbocycles. The zero-order chi connectivity index (χ0) is 16.7. The number of aromatic amines is 1. The van der Waals surface area contributed by atoms with Crippen LogP contribution in [0.3, 0.4) is 0 Å². The van der Waals surface area contributed by atoms with E-state index in [2.05, 4.69) is 28.7 Å². The first-order valence-corrected chi connectivity index (χ1v) is 8.77. The average molecular weight is 339 g/mol. The molecule has 2 aromatic heterocycles. The third kappa shape index (κ3) is 2.39. The van der Waals surface area contributed by atoms with Crippen LogP contribution in [0.25, 0.3) is 10.8 Å². The van der Waals surface area contributed by atoms with Crippen molar-refractivity contribution in [3.8, 4) is 0 Å². The minimum Gasteiger partial charge on any atom is -0.329 e. The van der Waals surface area contributed by atoms with Gasteiger partial charge in [0, 0.05) is 28.4 Å². The van der Waals surface area contributed by atoms with Crippen molar-refractivity contribution in [3.63, 3.8) is 0 Å². The van der Waals surface area contributed by atoms with Gasteiger partial charge in [-0.1, -0.05) is 6.07 Å². The number of pyridine rings is 1. The lowest BCUT2D eigenvalue weighted by Gasteiger charge is -2.33. The smallest absolute Gasteiger partial charge is 0.322 e. The van der Waals surface area contributed by atoms with Crippen LogP contribution in [-0.4, -0.2) is 22.5 Å². The molecule has 4 rings (SSSR count). The van der Waals surface area contributed by atoms with Crippen molar-refractivity contribution >= 4 is 33.8 Å². The van der Waals surface area contributed by atoms with E-state index in [9.17, 15) is 9.59 Å². The van der Waals surface area contributed by atoms with Crippen molar-refractivity contribution in [2.45, 2.75) is 19.4 Å². The zero-order valence-electron chi connectivity index (χ0n) is 13.2. The Morgan fingerprint density at radius 1 is 1.29 bits per heavy atom. The molecule has 0 saturated heterocycles. The van der Waals surface area contributed by atoms with E-state index in [0.29, 0.717) is 17.6 Å². The minimum absolute atomic E-state index is 0.0622. The van der Waals surface area contributed by atoms with E-state index in [1.165, 1.54) is 10.4 Å². The minimum atomic E-state index is -0.154. The standard InChI is InChI=1S/C18H17N3O2S/c1-11-16-12(7-10-24-16)6-9-21(11)18(23)20-15-4-2-3-14-13(15)5-8-19-17(14)22/h2-5,7-8,10-11H,6,9H2,1H3,(H,19,22)(H,20,23). The van der Waals surface area contributed by atoms with Crippen LogP contribution in [0.5, 0.6) is 0 Å². The molecule has 3 heterocycles. The fraction of sp³-hybridized carbons (Fsp3) is 0.222. The summed E-state index contributed by atoms with van der Waals surface area (Å²) in [5.74, 6) is 0. The first-order valence-electron chi connectivity index (χ1n) is 7.89. The highest BCUT2D eigenvalue weighted by atomic mass is 32.1. The van der Waals surface area contributed by atoms with Crippen LogP contribution in [0.4, 0.5) is 10.5 Å². The van der Waals surface area contributed by atoms with Crippen molar-refractivity contribution in [1.29, 1.82) is 0 Å². The molecule has 1 aliphatic heterocycles. The number of aromatic nitrogens is 1. The van der Waals surface area contributed by atoms with Crippen molar-refractivity contribution < 1.29 is 4.79 Å². The Labute approximate surface area is 142 Å². The third-order valence-electron chi connectivity index (χ3n) is 4.57. The molecule has 0 saturated carbocycles. The van der Waals surface area contributed by atoms with Gasteiger partial charge in [0.05, 0.1) is 11.7 Å². The van der Waals surface area contributed by atoms with Gasteiger partial charge in [0.1, 0.15) is 0 Å². The number of urea groups is 1. The molecule has 3 aromatic rings. The summed E-state index contributed by atoms with van der Waals surface area (Å²) in [5, 5.41) is 6.38. The van der Waals surface area contributed by atoms with Crippen LogP contribution < -0.4 is 10.9 Å². The molecule has 1 unspecified atom stereocenters. The highest BCUT2D eigenvalue weighted by Crippen LogP contribution is 2.34. The number of H-pyrrole nitrogens is 1. The topological polar surface area (TPSA) is 65.2 Å². The van der Waals surface area contributed by atoms with Crippen molar-refractivity contribution in [3.05, 3.63) is 62.7 Å². The summed E-state index contributed by atoms with van der Waals surface area (Å²) < 4.78 is 0. The van der Waals surface area contributed by atoms with Crippen molar-refractivity contribution in [2.75, 3.05) is 11.9 Å². The van der Waals surface area contributed by atoms with E-state index in [1.807, 2.05) is 17.0 Å². The second kappa shape index (κ2) is 5.79. The summed E-state index contributed by atoms with van der Waals surface area (Å²) in [6.07, 6.45) is 2.48. The number of anilines is 1. The number of fused-ring (bicyclic) bond motifs is 2. The number of hydrogen-bond donors (Lipinski definition) is 2. The van der Waals surface area contributed by atoms with Crippen LogP contribution >= 0.6 is 11.3 Å². The summed E-state index contributed by atoms with van der Waals surface area (Å²) in [6, 6.07) is 9.24. The Hall–Kier alpha value is -2.60. The second-order valence-corrected chi connectivity index (χ2v) is 6.88. The van der Waals surface area contributed by atoms with Crippen LogP contribution in [-0.2, 0) is 6.42 Å². The number of carbonyl (C=O) groups excluding carboxylic acids is 1. The van der Waals surface area contributed by atoms with Crippen LogP contribution in [0.1, 0.15) is 23.4 Å². The third-order valence-corrected chi connectivity index (χ3v) is 5.70. The van der Waals surface area contributed by atoms with Crippen molar-refractivity contribution in [1.82, 2.24) is 9.88 Å². The Morgan fingerprint density at radius 2 is 2.17 bits per heavy atom. The normalized spacial score (nSPS) is 16.9. The molecule has 0 fully saturated rings. The maximum Gasteiger partial charge on any atom is 0.322 e. The molecule has 6 heteroatoms. The van der Waals surface area contributed by atoms with E-state index in [4.69, 9.17) is 0 Å². The van der Waals surface area contributed by atoms with Gasteiger partial charge in [0.25, 0.3) is 5.56 Å². The SMILES string of the molecule is CC1c2sccc2CCN1C(=O)Nc1cccc2c(=O)[nH]ccc12. The molecule has 0 radical (unpaired) electrons. The molecule has 1 atom stereocenters. The van der Waals surface area contributed by atoms with Gasteiger partial charge in [-0.15, -0.1) is 11.3 Å². The lowest BCUT2D eigenvalue weighted by Crippen LogP contribution is -2.40. The molecule has 5 nitrogen and oxygen atoms in total. The molecular formula is C18H17N3O2S. The molecule has 24 heavy (non-hydrogen) atoms. The maximum atomic E-state index is 12.8. The van der Waals surface area contributed by atoms with Gasteiger partial charge in [-0.3, -0.25) is 4.79 Å². The summed E-state index contributed by atoms with van der Waals surface area (Å²) in [6.45, 7) is 2.75. The number of hydrogen-bond acceptors (Lipinski definition) is 3. The maximum absolute atomic E-state index is 12.8. The van der Waals surface area contributed by atoms with Gasteiger partial charge in [-0.25, -0.2) is 4.79 Å². The summed E-state index contributed by atoms with van der Waals surface area (Å²) in [5.41, 5.74) is 1.85. The molecule has 0 aliphatic carbocycles.